The molecule has 0 saturated carbocycles. The summed E-state index contributed by atoms with van der Waals surface area (Å²) in [6.45, 7) is 5.20. The van der Waals surface area contributed by atoms with Crippen molar-refractivity contribution in [3.8, 4) is 0 Å². The predicted molar refractivity (Wildman–Crippen MR) is 95.3 cm³/mol. The molecule has 0 radical (unpaired) electrons. The normalized spacial score (nSPS) is 25.6. The van der Waals surface area contributed by atoms with E-state index in [4.69, 9.17) is 9.47 Å². The van der Waals surface area contributed by atoms with Gasteiger partial charge in [0.05, 0.1) is 19.3 Å². The van der Waals surface area contributed by atoms with Gasteiger partial charge in [-0.1, -0.05) is 18.6 Å². The number of amides is 1. The first-order valence-electron chi connectivity index (χ1n) is 9.67. The first-order valence-corrected chi connectivity index (χ1v) is 9.67. The maximum absolute atomic E-state index is 12.5. The monoisotopic (exact) mass is 344 g/mol. The van der Waals surface area contributed by atoms with E-state index < -0.39 is 0 Å². The van der Waals surface area contributed by atoms with Crippen LogP contribution >= 0.6 is 0 Å². The van der Waals surface area contributed by atoms with Crippen molar-refractivity contribution in [1.29, 1.82) is 0 Å². The van der Waals surface area contributed by atoms with Crippen LogP contribution in [0.25, 0.3) is 0 Å². The fourth-order valence-corrected chi connectivity index (χ4v) is 4.21. The minimum absolute atomic E-state index is 0.0729. The molecule has 0 N–H and O–H groups in total. The molecule has 0 unspecified atom stereocenters. The molecule has 5 nitrogen and oxygen atoms in total. The van der Waals surface area contributed by atoms with Crippen molar-refractivity contribution >= 4 is 5.91 Å². The van der Waals surface area contributed by atoms with Crippen LogP contribution in [0.15, 0.2) is 24.3 Å². The van der Waals surface area contributed by atoms with Crippen molar-refractivity contribution in [2.24, 2.45) is 0 Å². The van der Waals surface area contributed by atoms with E-state index in [0.29, 0.717) is 19.3 Å². The largest absolute Gasteiger partial charge is 0.349 e. The SMILES string of the molecule is O=C(c1ccc(CN2CCCC[C@H]2C2OCCO2)cc1)N1CCCC1. The summed E-state index contributed by atoms with van der Waals surface area (Å²) < 4.78 is 11.5. The summed E-state index contributed by atoms with van der Waals surface area (Å²) >= 11 is 0. The Bertz CT molecular complexity index is 577. The molecule has 1 amide bonds. The molecular weight excluding hydrogens is 316 g/mol. The van der Waals surface area contributed by atoms with Gasteiger partial charge in [-0.25, -0.2) is 0 Å². The highest BCUT2D eigenvalue weighted by atomic mass is 16.7. The van der Waals surface area contributed by atoms with Crippen LogP contribution in [0.5, 0.6) is 0 Å². The second kappa shape index (κ2) is 7.85. The Balaban J connectivity index is 1.40. The smallest absolute Gasteiger partial charge is 0.253 e. The van der Waals surface area contributed by atoms with E-state index in [1.165, 1.54) is 18.4 Å². The summed E-state index contributed by atoms with van der Waals surface area (Å²) in [4.78, 5) is 16.9. The second-order valence-electron chi connectivity index (χ2n) is 7.34. The van der Waals surface area contributed by atoms with Crippen molar-refractivity contribution in [2.75, 3.05) is 32.8 Å². The average Bonchev–Trinajstić information content (AvgIpc) is 3.36. The van der Waals surface area contributed by atoms with Gasteiger partial charge in [0.25, 0.3) is 5.91 Å². The predicted octanol–water partition coefficient (Wildman–Crippen LogP) is 2.65. The summed E-state index contributed by atoms with van der Waals surface area (Å²) in [5.41, 5.74) is 2.06. The van der Waals surface area contributed by atoms with Crippen LogP contribution in [-0.4, -0.2) is 60.9 Å². The maximum Gasteiger partial charge on any atom is 0.253 e. The molecule has 3 saturated heterocycles. The van der Waals surface area contributed by atoms with Crippen LogP contribution in [-0.2, 0) is 16.0 Å². The molecule has 1 atom stereocenters. The molecule has 3 aliphatic rings. The number of likely N-dealkylation sites (tertiary alicyclic amines) is 2. The summed E-state index contributed by atoms with van der Waals surface area (Å²) in [5.74, 6) is 0.174. The van der Waals surface area contributed by atoms with Crippen molar-refractivity contribution in [3.63, 3.8) is 0 Å². The molecule has 3 aliphatic heterocycles. The number of piperidine rings is 1. The van der Waals surface area contributed by atoms with Gasteiger partial charge in [0.15, 0.2) is 6.29 Å². The Kier molecular flexibility index (Phi) is 5.34. The van der Waals surface area contributed by atoms with Crippen LogP contribution in [0, 0.1) is 0 Å². The van der Waals surface area contributed by atoms with Gasteiger partial charge in [-0.05, 0) is 49.9 Å². The zero-order chi connectivity index (χ0) is 17.1. The molecule has 0 spiro atoms. The van der Waals surface area contributed by atoms with E-state index in [1.54, 1.807) is 0 Å². The van der Waals surface area contributed by atoms with Crippen LogP contribution < -0.4 is 0 Å². The van der Waals surface area contributed by atoms with Gasteiger partial charge in [0, 0.05) is 25.2 Å². The molecule has 0 aromatic heterocycles. The highest BCUT2D eigenvalue weighted by Crippen LogP contribution is 2.26. The molecular formula is C20H28N2O3. The molecule has 25 heavy (non-hydrogen) atoms. The van der Waals surface area contributed by atoms with Crippen LogP contribution in [0.2, 0.25) is 0 Å². The number of nitrogens with zero attached hydrogens (tertiary/aromatic N) is 2. The first kappa shape index (κ1) is 17.0. The number of hydrogen-bond acceptors (Lipinski definition) is 4. The first-order chi connectivity index (χ1) is 12.3. The van der Waals surface area contributed by atoms with E-state index in [-0.39, 0.29) is 12.2 Å². The van der Waals surface area contributed by atoms with Gasteiger partial charge in [0.2, 0.25) is 0 Å². The molecule has 136 valence electrons. The third kappa shape index (κ3) is 3.89. The average molecular weight is 344 g/mol. The lowest BCUT2D eigenvalue weighted by Gasteiger charge is -2.38. The lowest BCUT2D eigenvalue weighted by molar-refractivity contribution is -0.111. The Labute approximate surface area is 149 Å². The van der Waals surface area contributed by atoms with Crippen LogP contribution in [0.1, 0.15) is 48.0 Å². The van der Waals surface area contributed by atoms with Gasteiger partial charge in [-0.3, -0.25) is 9.69 Å². The van der Waals surface area contributed by atoms with Crippen LogP contribution in [0.3, 0.4) is 0 Å². The van der Waals surface area contributed by atoms with Gasteiger partial charge in [-0.2, -0.15) is 0 Å². The minimum atomic E-state index is -0.0729. The van der Waals surface area contributed by atoms with E-state index in [9.17, 15) is 4.79 Å². The number of ether oxygens (including phenoxy) is 2. The number of benzene rings is 1. The Hall–Kier alpha value is -1.43. The van der Waals surface area contributed by atoms with Gasteiger partial charge < -0.3 is 14.4 Å². The highest BCUT2D eigenvalue weighted by molar-refractivity contribution is 5.94. The lowest BCUT2D eigenvalue weighted by Crippen LogP contribution is -2.46. The van der Waals surface area contributed by atoms with Crippen molar-refractivity contribution in [3.05, 3.63) is 35.4 Å². The highest BCUT2D eigenvalue weighted by Gasteiger charge is 2.33. The summed E-state index contributed by atoms with van der Waals surface area (Å²) in [6.07, 6.45) is 5.80. The number of carbonyl (C=O) groups is 1. The molecule has 3 fully saturated rings. The Morgan fingerprint density at radius 3 is 2.36 bits per heavy atom. The third-order valence-corrected chi connectivity index (χ3v) is 5.61. The van der Waals surface area contributed by atoms with Gasteiger partial charge in [0.1, 0.15) is 0 Å². The summed E-state index contributed by atoms with van der Waals surface area (Å²) in [7, 11) is 0. The quantitative estimate of drug-likeness (QED) is 0.842. The maximum atomic E-state index is 12.5. The van der Waals surface area contributed by atoms with E-state index in [2.05, 4.69) is 17.0 Å². The summed E-state index contributed by atoms with van der Waals surface area (Å²) in [6, 6.07) is 8.52. The topological polar surface area (TPSA) is 42.0 Å². The van der Waals surface area contributed by atoms with Gasteiger partial charge >= 0.3 is 0 Å². The Morgan fingerprint density at radius 2 is 1.64 bits per heavy atom. The number of rotatable bonds is 4. The molecule has 5 heteroatoms. The van der Waals surface area contributed by atoms with Crippen LogP contribution in [0.4, 0.5) is 0 Å². The zero-order valence-electron chi connectivity index (χ0n) is 14.9. The minimum Gasteiger partial charge on any atom is -0.349 e. The standard InChI is InChI=1S/C20H28N2O3/c23-19(21-10-3-4-11-21)17-8-6-16(7-9-17)15-22-12-2-1-5-18(22)20-24-13-14-25-20/h6-9,18,20H,1-5,10-15H2/t18-/m0/s1. The molecule has 1 aromatic rings. The molecule has 1 aromatic carbocycles. The number of hydrogen-bond donors (Lipinski definition) is 0. The van der Waals surface area contributed by atoms with E-state index >= 15 is 0 Å². The van der Waals surface area contributed by atoms with E-state index in [1.807, 2.05) is 17.0 Å². The van der Waals surface area contributed by atoms with Crippen molar-refractivity contribution in [1.82, 2.24) is 9.80 Å². The number of carbonyl (C=O) groups excluding carboxylic acids is 1. The van der Waals surface area contributed by atoms with Crippen molar-refractivity contribution < 1.29 is 14.3 Å². The fraction of sp³-hybridized carbons (Fsp3) is 0.650. The molecule has 0 bridgehead atoms. The zero-order valence-corrected chi connectivity index (χ0v) is 14.9. The summed E-state index contributed by atoms with van der Waals surface area (Å²) in [5, 5.41) is 0. The second-order valence-corrected chi connectivity index (χ2v) is 7.34. The molecule has 3 heterocycles. The van der Waals surface area contributed by atoms with Crippen molar-refractivity contribution in [2.45, 2.75) is 51.0 Å². The molecule has 4 rings (SSSR count). The van der Waals surface area contributed by atoms with E-state index in [0.717, 1.165) is 51.0 Å². The third-order valence-electron chi connectivity index (χ3n) is 5.61. The van der Waals surface area contributed by atoms with Gasteiger partial charge in [-0.15, -0.1) is 0 Å². The fourth-order valence-electron chi connectivity index (χ4n) is 4.21. The molecule has 0 aliphatic carbocycles. The lowest BCUT2D eigenvalue weighted by atomic mass is 10.00. The Morgan fingerprint density at radius 1 is 0.960 bits per heavy atom.